The molecule has 0 aliphatic rings. The molecular formula is C47H85O12P. The molecule has 13 heteroatoms. The molecule has 0 aromatic heterocycles. The van der Waals surface area contributed by atoms with Gasteiger partial charge in [-0.1, -0.05) is 185 Å². The number of allylic oxidation sites excluding steroid dienone is 6. The van der Waals surface area contributed by atoms with E-state index in [0.717, 1.165) is 50.9 Å². The van der Waals surface area contributed by atoms with Gasteiger partial charge in [-0.05, 0) is 38.0 Å². The SMILES string of the molecule is CCCCC[C@H](O)/C=C/C=C\C/C=C\C=C\[C@H](O)CCCC(=O)OC[C@H](COP(=O)(O)OC[C@@H](O)CO)OC(=O)CCCCCCCCCCCCCCCCC(C)CC. The number of phosphoric ester groups is 1. The largest absolute Gasteiger partial charge is 0.472 e. The Morgan fingerprint density at radius 1 is 0.600 bits per heavy atom. The van der Waals surface area contributed by atoms with Gasteiger partial charge in [0.25, 0.3) is 0 Å². The summed E-state index contributed by atoms with van der Waals surface area (Å²) < 4.78 is 32.6. The first kappa shape index (κ1) is 57.9. The van der Waals surface area contributed by atoms with Crippen LogP contribution in [0.15, 0.2) is 48.6 Å². The van der Waals surface area contributed by atoms with Crippen molar-refractivity contribution in [2.24, 2.45) is 5.92 Å². The number of hydrogen-bond acceptors (Lipinski definition) is 11. The lowest BCUT2D eigenvalue weighted by molar-refractivity contribution is -0.161. The zero-order chi connectivity index (χ0) is 44.5. The quantitative estimate of drug-likeness (QED) is 0.0169. The Hall–Kier alpha value is -2.15. The summed E-state index contributed by atoms with van der Waals surface area (Å²) in [7, 11) is -4.68. The smallest absolute Gasteiger partial charge is 0.462 e. The van der Waals surface area contributed by atoms with Crippen molar-refractivity contribution in [3.63, 3.8) is 0 Å². The highest BCUT2D eigenvalue weighted by atomic mass is 31.2. The van der Waals surface area contributed by atoms with E-state index in [1.807, 2.05) is 30.4 Å². The van der Waals surface area contributed by atoms with E-state index in [9.17, 15) is 34.4 Å². The third kappa shape index (κ3) is 40.0. The van der Waals surface area contributed by atoms with E-state index < -0.39 is 70.6 Å². The first-order chi connectivity index (χ1) is 28.9. The lowest BCUT2D eigenvalue weighted by Crippen LogP contribution is -2.30. The molecule has 350 valence electrons. The number of carbonyl (C=O) groups excluding carboxylic acids is 2. The second kappa shape index (κ2) is 40.9. The topological polar surface area (TPSA) is 189 Å². The Balaban J connectivity index is 4.47. The van der Waals surface area contributed by atoms with Crippen LogP contribution in [-0.4, -0.2) is 88.1 Å². The molecule has 0 spiro atoms. The summed E-state index contributed by atoms with van der Waals surface area (Å²) in [5.74, 6) is -0.290. The second-order valence-corrected chi connectivity index (χ2v) is 17.5. The molecule has 5 N–H and O–H groups in total. The maximum atomic E-state index is 12.6. The molecule has 0 amide bonds. The van der Waals surface area contributed by atoms with Crippen LogP contribution in [0.25, 0.3) is 0 Å². The molecule has 0 heterocycles. The minimum atomic E-state index is -4.68. The van der Waals surface area contributed by atoms with Gasteiger partial charge in [0.1, 0.15) is 12.7 Å². The number of aliphatic hydroxyl groups excluding tert-OH is 4. The van der Waals surface area contributed by atoms with Gasteiger partial charge in [-0.25, -0.2) is 4.57 Å². The van der Waals surface area contributed by atoms with Crippen LogP contribution in [0.2, 0.25) is 0 Å². The summed E-state index contributed by atoms with van der Waals surface area (Å²) in [6.45, 7) is 4.39. The van der Waals surface area contributed by atoms with Crippen molar-refractivity contribution in [3.05, 3.63) is 48.6 Å². The van der Waals surface area contributed by atoms with Crippen LogP contribution < -0.4 is 0 Å². The summed E-state index contributed by atoms with van der Waals surface area (Å²) in [6, 6.07) is 0. The van der Waals surface area contributed by atoms with Gasteiger partial charge in [0.2, 0.25) is 0 Å². The fourth-order valence-corrected chi connectivity index (χ4v) is 6.97. The van der Waals surface area contributed by atoms with Gasteiger partial charge >= 0.3 is 19.8 Å². The van der Waals surface area contributed by atoms with Crippen LogP contribution in [-0.2, 0) is 32.7 Å². The van der Waals surface area contributed by atoms with Crippen molar-refractivity contribution in [1.29, 1.82) is 0 Å². The number of esters is 2. The van der Waals surface area contributed by atoms with E-state index in [4.69, 9.17) is 19.1 Å². The third-order valence-electron chi connectivity index (χ3n) is 10.2. The highest BCUT2D eigenvalue weighted by Gasteiger charge is 2.27. The van der Waals surface area contributed by atoms with E-state index in [0.29, 0.717) is 25.7 Å². The number of carbonyl (C=O) groups is 2. The zero-order valence-electron chi connectivity index (χ0n) is 37.6. The number of unbranched alkanes of at least 4 members (excludes halogenated alkanes) is 15. The Kier molecular flexibility index (Phi) is 39.4. The molecule has 60 heavy (non-hydrogen) atoms. The molecule has 6 atom stereocenters. The van der Waals surface area contributed by atoms with Gasteiger partial charge in [0.15, 0.2) is 6.10 Å². The Bertz CT molecular complexity index is 1190. The van der Waals surface area contributed by atoms with E-state index in [2.05, 4.69) is 25.3 Å². The van der Waals surface area contributed by atoms with Crippen molar-refractivity contribution in [3.8, 4) is 0 Å². The fourth-order valence-electron chi connectivity index (χ4n) is 6.18. The molecule has 12 nitrogen and oxygen atoms in total. The van der Waals surface area contributed by atoms with Crippen LogP contribution in [0.4, 0.5) is 0 Å². The Labute approximate surface area is 363 Å². The van der Waals surface area contributed by atoms with E-state index in [1.165, 1.54) is 77.0 Å². The average molecular weight is 873 g/mol. The molecule has 0 radical (unpaired) electrons. The van der Waals surface area contributed by atoms with Gasteiger partial charge in [-0.15, -0.1) is 0 Å². The maximum Gasteiger partial charge on any atom is 0.472 e. The van der Waals surface area contributed by atoms with Gasteiger partial charge in [-0.2, -0.15) is 0 Å². The average Bonchev–Trinajstić information content (AvgIpc) is 3.22. The first-order valence-electron chi connectivity index (χ1n) is 23.2. The monoisotopic (exact) mass is 873 g/mol. The number of aliphatic hydroxyl groups is 4. The van der Waals surface area contributed by atoms with Crippen molar-refractivity contribution < 1.29 is 58.0 Å². The van der Waals surface area contributed by atoms with Gasteiger partial charge < -0.3 is 34.8 Å². The van der Waals surface area contributed by atoms with Gasteiger partial charge in [0.05, 0.1) is 32.0 Å². The molecule has 0 fully saturated rings. The number of ether oxygens (including phenoxy) is 2. The summed E-state index contributed by atoms with van der Waals surface area (Å²) in [6.07, 6.45) is 35.7. The summed E-state index contributed by atoms with van der Waals surface area (Å²) in [5.41, 5.74) is 0. The molecule has 2 unspecified atom stereocenters. The number of rotatable bonds is 42. The molecule has 0 bridgehead atoms. The summed E-state index contributed by atoms with van der Waals surface area (Å²) in [5, 5.41) is 38.5. The van der Waals surface area contributed by atoms with Crippen LogP contribution in [0.3, 0.4) is 0 Å². The molecule has 0 aliphatic carbocycles. The summed E-state index contributed by atoms with van der Waals surface area (Å²) >= 11 is 0. The van der Waals surface area contributed by atoms with Gasteiger partial charge in [-0.3, -0.25) is 18.6 Å². The van der Waals surface area contributed by atoms with E-state index in [1.54, 1.807) is 18.2 Å². The fraction of sp³-hybridized carbons (Fsp3) is 0.787. The van der Waals surface area contributed by atoms with Crippen molar-refractivity contribution >= 4 is 19.8 Å². The normalized spacial score (nSPS) is 15.8. The highest BCUT2D eigenvalue weighted by Crippen LogP contribution is 2.43. The standard InChI is InChI=1S/C47H85O12P/c1-4-6-24-31-42(49)32-26-21-17-15-18-22-27-33-43(50)34-29-36-46(52)56-39-45(40-58-60(54,55)57-38-44(51)37-48)59-47(53)35-28-23-19-14-12-10-8-7-9-11-13-16-20-25-30-41(3)5-2/h17-18,21-22,26-27,32-33,41-45,48-51H,4-16,19-20,23-25,28-31,34-40H2,1-3H3,(H,54,55)/b21-17-,22-18-,32-26+,33-27+/t41?,42-,43-,44-,45+/m0/s1. The zero-order valence-corrected chi connectivity index (χ0v) is 38.4. The Morgan fingerprint density at radius 3 is 1.62 bits per heavy atom. The van der Waals surface area contributed by atoms with Crippen LogP contribution in [0, 0.1) is 5.92 Å². The van der Waals surface area contributed by atoms with E-state index in [-0.39, 0.29) is 12.8 Å². The molecule has 0 saturated heterocycles. The van der Waals surface area contributed by atoms with Crippen molar-refractivity contribution in [2.75, 3.05) is 26.4 Å². The summed E-state index contributed by atoms with van der Waals surface area (Å²) in [4.78, 5) is 35.1. The van der Waals surface area contributed by atoms with Crippen LogP contribution in [0.5, 0.6) is 0 Å². The number of hydrogen-bond donors (Lipinski definition) is 5. The van der Waals surface area contributed by atoms with Crippen LogP contribution in [0.1, 0.15) is 181 Å². The molecule has 0 saturated carbocycles. The Morgan fingerprint density at radius 2 is 1.08 bits per heavy atom. The minimum Gasteiger partial charge on any atom is -0.462 e. The predicted molar refractivity (Wildman–Crippen MR) is 240 cm³/mol. The first-order valence-corrected chi connectivity index (χ1v) is 24.7. The number of phosphoric acid groups is 1. The molecular weight excluding hydrogens is 787 g/mol. The van der Waals surface area contributed by atoms with Crippen molar-refractivity contribution in [1.82, 2.24) is 0 Å². The maximum absolute atomic E-state index is 12.6. The minimum absolute atomic E-state index is 0.00668. The van der Waals surface area contributed by atoms with Gasteiger partial charge in [0, 0.05) is 12.8 Å². The van der Waals surface area contributed by atoms with Crippen molar-refractivity contribution in [2.45, 2.75) is 206 Å². The molecule has 0 aromatic rings. The van der Waals surface area contributed by atoms with Crippen LogP contribution >= 0.6 is 7.82 Å². The second-order valence-electron chi connectivity index (χ2n) is 16.1. The molecule has 0 aromatic carbocycles. The lowest BCUT2D eigenvalue weighted by atomic mass is 9.99. The molecule has 0 aliphatic heterocycles. The van der Waals surface area contributed by atoms with E-state index >= 15 is 0 Å². The highest BCUT2D eigenvalue weighted by molar-refractivity contribution is 7.47. The predicted octanol–water partition coefficient (Wildman–Crippen LogP) is 10.3. The third-order valence-corrected chi connectivity index (χ3v) is 11.2. The lowest BCUT2D eigenvalue weighted by Gasteiger charge is -2.20. The molecule has 0 rings (SSSR count).